The second-order valence-corrected chi connectivity index (χ2v) is 9.72. The lowest BCUT2D eigenvalue weighted by Crippen LogP contribution is -2.34. The molecule has 3 rings (SSSR count). The number of thioether (sulfide) groups is 1. The summed E-state index contributed by atoms with van der Waals surface area (Å²) in [4.78, 5) is 30.3. The van der Waals surface area contributed by atoms with Crippen LogP contribution < -0.4 is 10.6 Å². The van der Waals surface area contributed by atoms with Crippen molar-refractivity contribution in [3.8, 4) is 0 Å². The average Bonchev–Trinajstić information content (AvgIpc) is 3.25. The molecule has 0 radical (unpaired) electrons. The molecule has 0 saturated carbocycles. The first-order valence-corrected chi connectivity index (χ1v) is 11.8. The molecule has 170 valence electrons. The quantitative estimate of drug-likeness (QED) is 0.479. The predicted molar refractivity (Wildman–Crippen MR) is 123 cm³/mol. The van der Waals surface area contributed by atoms with E-state index in [-0.39, 0.29) is 23.1 Å². The van der Waals surface area contributed by atoms with Gasteiger partial charge in [0.2, 0.25) is 5.91 Å². The molecule has 32 heavy (non-hydrogen) atoms. The number of hydrogen-bond acceptors (Lipinski definition) is 7. The molecular weight excluding hydrogens is 451 g/mol. The fourth-order valence-electron chi connectivity index (χ4n) is 2.93. The highest BCUT2D eigenvalue weighted by Crippen LogP contribution is 2.25. The van der Waals surface area contributed by atoms with Crippen LogP contribution in [0.3, 0.4) is 0 Å². The molecule has 0 aliphatic heterocycles. The van der Waals surface area contributed by atoms with Gasteiger partial charge in [0, 0.05) is 11.9 Å². The van der Waals surface area contributed by atoms with Crippen LogP contribution in [0.2, 0.25) is 0 Å². The molecule has 11 heteroatoms. The number of thiazole rings is 1. The lowest BCUT2D eigenvalue weighted by Gasteiger charge is -2.21. The van der Waals surface area contributed by atoms with Gasteiger partial charge in [0.15, 0.2) is 16.1 Å². The minimum absolute atomic E-state index is 0.0221. The van der Waals surface area contributed by atoms with E-state index in [0.29, 0.717) is 16.1 Å². The first kappa shape index (κ1) is 23.9. The maximum atomic E-state index is 14.0. The Balaban J connectivity index is 1.67. The van der Waals surface area contributed by atoms with Crippen molar-refractivity contribution in [3.05, 3.63) is 52.0 Å². The predicted octanol–water partition coefficient (Wildman–Crippen LogP) is 3.89. The normalized spacial score (nSPS) is 12.1. The molecule has 8 nitrogen and oxygen atoms in total. The van der Waals surface area contributed by atoms with E-state index in [9.17, 15) is 14.0 Å². The molecule has 2 amide bonds. The number of aryl methyl sites for hydroxylation is 2. The minimum Gasteiger partial charge on any atom is -0.342 e. The zero-order chi connectivity index (χ0) is 23.4. The summed E-state index contributed by atoms with van der Waals surface area (Å²) in [6, 6.07) is 5.34. The lowest BCUT2D eigenvalue weighted by atomic mass is 10.0. The Kier molecular flexibility index (Phi) is 7.62. The third-order valence-corrected chi connectivity index (χ3v) is 6.83. The van der Waals surface area contributed by atoms with Gasteiger partial charge in [-0.2, -0.15) is 0 Å². The van der Waals surface area contributed by atoms with Crippen molar-refractivity contribution in [2.45, 2.75) is 38.9 Å². The van der Waals surface area contributed by atoms with E-state index in [2.05, 4.69) is 25.8 Å². The highest BCUT2D eigenvalue weighted by molar-refractivity contribution is 7.99. The SMILES string of the molecule is Cc1nc(NC(=O)CSc2nnc(C(NC(=O)c3ccccc3F)C(C)C)n2C)sc1C. The summed E-state index contributed by atoms with van der Waals surface area (Å²) in [6.45, 7) is 7.71. The Morgan fingerprint density at radius 2 is 1.94 bits per heavy atom. The Bertz CT molecular complexity index is 1110. The van der Waals surface area contributed by atoms with Crippen LogP contribution in [0, 0.1) is 25.6 Å². The van der Waals surface area contributed by atoms with Crippen molar-refractivity contribution in [3.63, 3.8) is 0 Å². The number of aromatic nitrogens is 4. The molecule has 1 atom stereocenters. The van der Waals surface area contributed by atoms with Gasteiger partial charge < -0.3 is 15.2 Å². The maximum Gasteiger partial charge on any atom is 0.254 e. The van der Waals surface area contributed by atoms with Gasteiger partial charge in [0.1, 0.15) is 5.82 Å². The summed E-state index contributed by atoms with van der Waals surface area (Å²) in [7, 11) is 1.77. The molecule has 2 N–H and O–H groups in total. The van der Waals surface area contributed by atoms with Gasteiger partial charge in [-0.3, -0.25) is 9.59 Å². The molecule has 0 fully saturated rings. The van der Waals surface area contributed by atoms with Crippen LogP contribution in [0.15, 0.2) is 29.4 Å². The number of halogens is 1. The molecule has 2 heterocycles. The van der Waals surface area contributed by atoms with E-state index < -0.39 is 17.8 Å². The Hall–Kier alpha value is -2.79. The number of carbonyl (C=O) groups excluding carboxylic acids is 2. The van der Waals surface area contributed by atoms with Crippen LogP contribution in [0.25, 0.3) is 0 Å². The molecule has 0 bridgehead atoms. The van der Waals surface area contributed by atoms with Gasteiger partial charge in [-0.25, -0.2) is 9.37 Å². The fraction of sp³-hybridized carbons (Fsp3) is 0.381. The molecule has 2 aromatic heterocycles. The number of anilines is 1. The molecule has 0 aliphatic rings. The van der Waals surface area contributed by atoms with Gasteiger partial charge in [-0.05, 0) is 31.9 Å². The fourth-order valence-corrected chi connectivity index (χ4v) is 4.48. The lowest BCUT2D eigenvalue weighted by molar-refractivity contribution is -0.113. The van der Waals surface area contributed by atoms with Crippen LogP contribution in [0.5, 0.6) is 0 Å². The number of amides is 2. The smallest absolute Gasteiger partial charge is 0.254 e. The van der Waals surface area contributed by atoms with Crippen LogP contribution in [-0.4, -0.2) is 37.3 Å². The monoisotopic (exact) mass is 476 g/mol. The zero-order valence-corrected chi connectivity index (χ0v) is 20.1. The van der Waals surface area contributed by atoms with Gasteiger partial charge in [0.25, 0.3) is 5.91 Å². The van der Waals surface area contributed by atoms with E-state index in [1.165, 1.54) is 41.3 Å². The number of benzene rings is 1. The van der Waals surface area contributed by atoms with E-state index >= 15 is 0 Å². The topological polar surface area (TPSA) is 102 Å². The van der Waals surface area contributed by atoms with Crippen molar-refractivity contribution in [2.24, 2.45) is 13.0 Å². The molecule has 1 aromatic carbocycles. The highest BCUT2D eigenvalue weighted by atomic mass is 32.2. The van der Waals surface area contributed by atoms with Crippen molar-refractivity contribution in [1.82, 2.24) is 25.1 Å². The molecule has 3 aromatic rings. The number of rotatable bonds is 8. The second kappa shape index (κ2) is 10.2. The molecule has 0 aliphatic carbocycles. The average molecular weight is 477 g/mol. The van der Waals surface area contributed by atoms with Crippen LogP contribution in [0.4, 0.5) is 9.52 Å². The van der Waals surface area contributed by atoms with E-state index in [4.69, 9.17) is 0 Å². The third kappa shape index (κ3) is 5.52. The molecule has 0 spiro atoms. The number of nitrogens with one attached hydrogen (secondary N) is 2. The summed E-state index contributed by atoms with van der Waals surface area (Å²) in [5.74, 6) is -0.658. The van der Waals surface area contributed by atoms with Gasteiger partial charge in [-0.15, -0.1) is 21.5 Å². The van der Waals surface area contributed by atoms with Crippen molar-refractivity contribution < 1.29 is 14.0 Å². The van der Waals surface area contributed by atoms with Gasteiger partial charge in [0.05, 0.1) is 23.1 Å². The molecule has 1 unspecified atom stereocenters. The largest absolute Gasteiger partial charge is 0.342 e. The number of hydrogen-bond donors (Lipinski definition) is 2. The first-order valence-electron chi connectivity index (χ1n) is 9.98. The number of nitrogens with zero attached hydrogens (tertiary/aromatic N) is 4. The van der Waals surface area contributed by atoms with Crippen molar-refractivity contribution in [2.75, 3.05) is 11.1 Å². The molecule has 0 saturated heterocycles. The van der Waals surface area contributed by atoms with Crippen LogP contribution in [0.1, 0.15) is 46.6 Å². The van der Waals surface area contributed by atoms with Gasteiger partial charge >= 0.3 is 0 Å². The van der Waals surface area contributed by atoms with Crippen LogP contribution >= 0.6 is 23.1 Å². The van der Waals surface area contributed by atoms with Crippen LogP contribution in [-0.2, 0) is 11.8 Å². The second-order valence-electron chi connectivity index (χ2n) is 7.57. The first-order chi connectivity index (χ1) is 15.2. The summed E-state index contributed by atoms with van der Waals surface area (Å²) in [6.07, 6.45) is 0. The van der Waals surface area contributed by atoms with Crippen molar-refractivity contribution >= 4 is 40.0 Å². The Morgan fingerprint density at radius 3 is 2.56 bits per heavy atom. The zero-order valence-electron chi connectivity index (χ0n) is 18.5. The molecular formula is C21H25FN6O2S2. The minimum atomic E-state index is -0.585. The Labute approximate surface area is 194 Å². The number of carbonyl (C=O) groups is 2. The standard InChI is InChI=1S/C21H25FN6O2S2/c1-11(2)17(25-19(30)14-8-6-7-9-15(14)22)18-26-27-21(28(18)5)31-10-16(29)24-20-23-12(3)13(4)32-20/h6-9,11,17H,10H2,1-5H3,(H,25,30)(H,23,24,29). The summed E-state index contributed by atoms with van der Waals surface area (Å²) < 4.78 is 15.7. The van der Waals surface area contributed by atoms with Crippen molar-refractivity contribution in [1.29, 1.82) is 0 Å². The summed E-state index contributed by atoms with van der Waals surface area (Å²) >= 11 is 2.67. The van der Waals surface area contributed by atoms with E-state index in [1.807, 2.05) is 27.7 Å². The summed E-state index contributed by atoms with van der Waals surface area (Å²) in [5.41, 5.74) is 0.868. The highest BCUT2D eigenvalue weighted by Gasteiger charge is 2.26. The summed E-state index contributed by atoms with van der Waals surface area (Å²) in [5, 5.41) is 15.1. The van der Waals surface area contributed by atoms with E-state index in [1.54, 1.807) is 17.7 Å². The van der Waals surface area contributed by atoms with Gasteiger partial charge in [-0.1, -0.05) is 37.7 Å². The third-order valence-electron chi connectivity index (χ3n) is 4.83. The van der Waals surface area contributed by atoms with E-state index in [0.717, 1.165) is 10.6 Å². The Morgan fingerprint density at radius 1 is 1.22 bits per heavy atom. The maximum absolute atomic E-state index is 14.0.